The summed E-state index contributed by atoms with van der Waals surface area (Å²) in [4.78, 5) is 13.8. The SMILES string of the molecule is CC1CC(CC(=O)O)(N2CCCCCC2)CC(C)O1. The van der Waals surface area contributed by atoms with Crippen molar-refractivity contribution in [2.75, 3.05) is 13.1 Å². The van der Waals surface area contributed by atoms with Gasteiger partial charge < -0.3 is 9.84 Å². The van der Waals surface area contributed by atoms with Crippen LogP contribution in [0.5, 0.6) is 0 Å². The molecule has 1 N–H and O–H groups in total. The molecule has 2 rings (SSSR count). The fourth-order valence-corrected chi connectivity index (χ4v) is 3.99. The maximum Gasteiger partial charge on any atom is 0.305 e. The van der Waals surface area contributed by atoms with Crippen molar-refractivity contribution in [2.45, 2.75) is 76.5 Å². The van der Waals surface area contributed by atoms with E-state index in [4.69, 9.17) is 4.74 Å². The second-order valence-electron chi connectivity index (χ2n) is 6.36. The van der Waals surface area contributed by atoms with E-state index < -0.39 is 5.97 Å². The van der Waals surface area contributed by atoms with Crippen molar-refractivity contribution in [1.82, 2.24) is 4.90 Å². The number of aliphatic carboxylic acids is 1. The van der Waals surface area contributed by atoms with Crippen LogP contribution in [-0.4, -0.2) is 46.8 Å². The number of likely N-dealkylation sites (tertiary alicyclic amines) is 1. The minimum atomic E-state index is -0.675. The van der Waals surface area contributed by atoms with Crippen LogP contribution in [0, 0.1) is 0 Å². The molecule has 2 fully saturated rings. The van der Waals surface area contributed by atoms with Crippen LogP contribution >= 0.6 is 0 Å². The number of carboxylic acid groups (broad SMARTS) is 1. The van der Waals surface area contributed by atoms with Crippen LogP contribution in [-0.2, 0) is 9.53 Å². The Morgan fingerprint density at radius 2 is 1.68 bits per heavy atom. The van der Waals surface area contributed by atoms with Gasteiger partial charge in [0.1, 0.15) is 0 Å². The van der Waals surface area contributed by atoms with Crippen molar-refractivity contribution < 1.29 is 14.6 Å². The smallest absolute Gasteiger partial charge is 0.305 e. The molecular weight excluding hydrogens is 242 g/mol. The van der Waals surface area contributed by atoms with Gasteiger partial charge in [0.25, 0.3) is 0 Å². The molecule has 0 aromatic rings. The molecule has 0 aliphatic carbocycles. The topological polar surface area (TPSA) is 49.8 Å². The number of rotatable bonds is 3. The highest BCUT2D eigenvalue weighted by molar-refractivity contribution is 5.68. The number of carboxylic acids is 1. The van der Waals surface area contributed by atoms with E-state index in [0.29, 0.717) is 0 Å². The van der Waals surface area contributed by atoms with Gasteiger partial charge in [0.2, 0.25) is 0 Å². The van der Waals surface area contributed by atoms with Crippen LogP contribution in [0.2, 0.25) is 0 Å². The highest BCUT2D eigenvalue weighted by Gasteiger charge is 2.44. The fourth-order valence-electron chi connectivity index (χ4n) is 3.99. The van der Waals surface area contributed by atoms with Crippen molar-refractivity contribution in [1.29, 1.82) is 0 Å². The summed E-state index contributed by atoms with van der Waals surface area (Å²) in [6, 6.07) is 0. The van der Waals surface area contributed by atoms with Gasteiger partial charge in [-0.05, 0) is 52.6 Å². The molecule has 2 aliphatic rings. The Balaban J connectivity index is 2.19. The van der Waals surface area contributed by atoms with Gasteiger partial charge in [0, 0.05) is 5.54 Å². The third kappa shape index (κ3) is 3.69. The third-order valence-corrected chi connectivity index (χ3v) is 4.56. The maximum atomic E-state index is 11.3. The summed E-state index contributed by atoms with van der Waals surface area (Å²) >= 11 is 0. The molecule has 2 aliphatic heterocycles. The zero-order valence-corrected chi connectivity index (χ0v) is 12.2. The second-order valence-corrected chi connectivity index (χ2v) is 6.36. The normalized spacial score (nSPS) is 37.8. The van der Waals surface area contributed by atoms with Gasteiger partial charge >= 0.3 is 5.97 Å². The minimum absolute atomic E-state index is 0.159. The van der Waals surface area contributed by atoms with Crippen LogP contribution in [0.3, 0.4) is 0 Å². The molecule has 2 heterocycles. The van der Waals surface area contributed by atoms with E-state index >= 15 is 0 Å². The van der Waals surface area contributed by atoms with E-state index in [0.717, 1.165) is 25.9 Å². The Kier molecular flexibility index (Phi) is 4.85. The van der Waals surface area contributed by atoms with Crippen LogP contribution in [0.15, 0.2) is 0 Å². The summed E-state index contributed by atoms with van der Waals surface area (Å²) in [5.74, 6) is -0.675. The molecule has 2 atom stereocenters. The van der Waals surface area contributed by atoms with Gasteiger partial charge in [0.05, 0.1) is 18.6 Å². The molecule has 0 bridgehead atoms. The monoisotopic (exact) mass is 269 g/mol. The molecule has 4 heteroatoms. The highest BCUT2D eigenvalue weighted by Crippen LogP contribution is 2.38. The Morgan fingerprint density at radius 1 is 1.16 bits per heavy atom. The lowest BCUT2D eigenvalue weighted by atomic mass is 9.79. The molecule has 0 aromatic heterocycles. The Bertz CT molecular complexity index is 301. The van der Waals surface area contributed by atoms with Crippen LogP contribution in [0.25, 0.3) is 0 Å². The Hall–Kier alpha value is -0.610. The summed E-state index contributed by atoms with van der Waals surface area (Å²) in [5.41, 5.74) is -0.187. The predicted molar refractivity (Wildman–Crippen MR) is 74.3 cm³/mol. The molecule has 0 aromatic carbocycles. The molecule has 110 valence electrons. The maximum absolute atomic E-state index is 11.3. The van der Waals surface area contributed by atoms with Crippen LogP contribution in [0.1, 0.15) is 58.8 Å². The van der Waals surface area contributed by atoms with Crippen molar-refractivity contribution in [3.63, 3.8) is 0 Å². The van der Waals surface area contributed by atoms with Crippen molar-refractivity contribution in [3.05, 3.63) is 0 Å². The molecule has 19 heavy (non-hydrogen) atoms. The van der Waals surface area contributed by atoms with Crippen molar-refractivity contribution in [3.8, 4) is 0 Å². The molecule has 2 saturated heterocycles. The lowest BCUT2D eigenvalue weighted by molar-refractivity contribution is -0.148. The lowest BCUT2D eigenvalue weighted by Gasteiger charge is -2.49. The third-order valence-electron chi connectivity index (χ3n) is 4.56. The van der Waals surface area contributed by atoms with E-state index in [2.05, 4.69) is 18.7 Å². The van der Waals surface area contributed by atoms with E-state index in [1.54, 1.807) is 0 Å². The first kappa shape index (κ1) is 14.8. The number of ether oxygens (including phenoxy) is 1. The van der Waals surface area contributed by atoms with Gasteiger partial charge in [0.15, 0.2) is 0 Å². The van der Waals surface area contributed by atoms with Crippen LogP contribution in [0.4, 0.5) is 0 Å². The summed E-state index contributed by atoms with van der Waals surface area (Å²) in [6.07, 6.45) is 7.23. The molecule has 0 saturated carbocycles. The van der Waals surface area contributed by atoms with Gasteiger partial charge in [-0.15, -0.1) is 0 Å². The molecule has 2 unspecified atom stereocenters. The fraction of sp³-hybridized carbons (Fsp3) is 0.933. The Morgan fingerprint density at radius 3 is 2.16 bits per heavy atom. The number of hydrogen-bond donors (Lipinski definition) is 1. The minimum Gasteiger partial charge on any atom is -0.481 e. The van der Waals surface area contributed by atoms with Gasteiger partial charge in [-0.2, -0.15) is 0 Å². The average molecular weight is 269 g/mol. The Labute approximate surface area is 116 Å². The van der Waals surface area contributed by atoms with E-state index in [9.17, 15) is 9.90 Å². The number of nitrogens with zero attached hydrogens (tertiary/aromatic N) is 1. The standard InChI is InChI=1S/C15H27NO3/c1-12-9-15(11-14(17)18,10-13(2)19-12)16-7-5-3-4-6-8-16/h12-13H,3-11H2,1-2H3,(H,17,18). The second kappa shape index (κ2) is 6.23. The van der Waals surface area contributed by atoms with Gasteiger partial charge in [-0.1, -0.05) is 12.8 Å². The molecule has 0 amide bonds. The lowest BCUT2D eigenvalue weighted by Crippen LogP contribution is -2.57. The quantitative estimate of drug-likeness (QED) is 0.855. The largest absolute Gasteiger partial charge is 0.481 e. The first-order chi connectivity index (χ1) is 9.02. The number of hydrogen-bond acceptors (Lipinski definition) is 3. The van der Waals surface area contributed by atoms with E-state index in [1.807, 2.05) is 0 Å². The van der Waals surface area contributed by atoms with Gasteiger partial charge in [-0.3, -0.25) is 9.69 Å². The molecule has 0 spiro atoms. The summed E-state index contributed by atoms with van der Waals surface area (Å²) in [5, 5.41) is 9.34. The molecule has 0 radical (unpaired) electrons. The summed E-state index contributed by atoms with van der Waals surface area (Å²) in [6.45, 7) is 6.24. The van der Waals surface area contributed by atoms with E-state index in [1.165, 1.54) is 25.7 Å². The number of carbonyl (C=O) groups is 1. The summed E-state index contributed by atoms with van der Waals surface area (Å²) in [7, 11) is 0. The van der Waals surface area contributed by atoms with Crippen LogP contribution < -0.4 is 0 Å². The zero-order valence-electron chi connectivity index (χ0n) is 12.2. The first-order valence-corrected chi connectivity index (χ1v) is 7.64. The highest BCUT2D eigenvalue weighted by atomic mass is 16.5. The van der Waals surface area contributed by atoms with Crippen molar-refractivity contribution in [2.24, 2.45) is 0 Å². The zero-order chi connectivity index (χ0) is 13.9. The van der Waals surface area contributed by atoms with Crippen molar-refractivity contribution >= 4 is 5.97 Å². The summed E-state index contributed by atoms with van der Waals surface area (Å²) < 4.78 is 5.83. The molecular formula is C15H27NO3. The average Bonchev–Trinajstić information content (AvgIpc) is 2.54. The molecule has 4 nitrogen and oxygen atoms in total. The first-order valence-electron chi connectivity index (χ1n) is 7.64. The van der Waals surface area contributed by atoms with Gasteiger partial charge in [-0.25, -0.2) is 0 Å². The van der Waals surface area contributed by atoms with E-state index in [-0.39, 0.29) is 24.2 Å². The predicted octanol–water partition coefficient (Wildman–Crippen LogP) is 2.66.